The van der Waals surface area contributed by atoms with Gasteiger partial charge in [0.2, 0.25) is 0 Å². The number of hydrogen-bond acceptors (Lipinski definition) is 3. The summed E-state index contributed by atoms with van der Waals surface area (Å²) in [5.41, 5.74) is 5.20. The Kier molecular flexibility index (Phi) is 4.63. The second-order valence-corrected chi connectivity index (χ2v) is 7.79. The lowest BCUT2D eigenvalue weighted by molar-refractivity contribution is -0.137. The summed E-state index contributed by atoms with van der Waals surface area (Å²) in [6.07, 6.45) is -1.46. The number of alkyl halides is 3. The fourth-order valence-electron chi connectivity index (χ4n) is 2.68. The molecule has 1 unspecified atom stereocenters. The SMILES string of the molecule is NC(CS(=O)(=O)C1CCCC1)c1cccc(C(F)(F)F)c1. The van der Waals surface area contributed by atoms with E-state index in [1.807, 2.05) is 0 Å². The first-order chi connectivity index (χ1) is 9.70. The molecule has 0 radical (unpaired) electrons. The topological polar surface area (TPSA) is 60.2 Å². The van der Waals surface area contributed by atoms with E-state index >= 15 is 0 Å². The Morgan fingerprint density at radius 2 is 1.86 bits per heavy atom. The van der Waals surface area contributed by atoms with Crippen LogP contribution in [0.4, 0.5) is 13.2 Å². The van der Waals surface area contributed by atoms with Crippen LogP contribution in [0.5, 0.6) is 0 Å². The van der Waals surface area contributed by atoms with Crippen LogP contribution in [0.3, 0.4) is 0 Å². The van der Waals surface area contributed by atoms with Crippen LogP contribution in [0.1, 0.15) is 42.9 Å². The molecule has 2 N–H and O–H groups in total. The van der Waals surface area contributed by atoms with E-state index in [1.165, 1.54) is 12.1 Å². The Bertz CT molecular complexity index is 592. The Morgan fingerprint density at radius 1 is 1.24 bits per heavy atom. The van der Waals surface area contributed by atoms with Crippen LogP contribution in [-0.4, -0.2) is 19.4 Å². The van der Waals surface area contributed by atoms with E-state index in [9.17, 15) is 21.6 Å². The third-order valence-corrected chi connectivity index (χ3v) is 6.17. The van der Waals surface area contributed by atoms with Gasteiger partial charge in [-0.1, -0.05) is 25.0 Å². The minimum Gasteiger partial charge on any atom is -0.323 e. The largest absolute Gasteiger partial charge is 0.416 e. The molecule has 0 aliphatic heterocycles. The molecule has 0 spiro atoms. The van der Waals surface area contributed by atoms with Gasteiger partial charge in [-0.3, -0.25) is 0 Å². The number of nitrogens with two attached hydrogens (primary N) is 1. The second-order valence-electron chi connectivity index (χ2n) is 5.47. The van der Waals surface area contributed by atoms with Crippen LogP contribution < -0.4 is 5.73 Å². The minimum absolute atomic E-state index is 0.200. The zero-order valence-corrected chi connectivity index (χ0v) is 12.3. The predicted molar refractivity (Wildman–Crippen MR) is 74.4 cm³/mol. The van der Waals surface area contributed by atoms with E-state index in [4.69, 9.17) is 5.73 Å². The average molecular weight is 321 g/mol. The monoisotopic (exact) mass is 321 g/mol. The number of hydrogen-bond donors (Lipinski definition) is 1. The standard InChI is InChI=1S/C14H18F3NO2S/c15-14(16,17)11-5-3-4-10(8-11)13(18)9-21(19,20)12-6-1-2-7-12/h3-5,8,12-13H,1-2,6-7,9,18H2. The van der Waals surface area contributed by atoms with Crippen LogP contribution in [-0.2, 0) is 16.0 Å². The highest BCUT2D eigenvalue weighted by molar-refractivity contribution is 7.92. The van der Waals surface area contributed by atoms with Crippen molar-refractivity contribution < 1.29 is 21.6 Å². The molecular weight excluding hydrogens is 303 g/mol. The maximum Gasteiger partial charge on any atom is 0.416 e. The molecule has 1 aliphatic rings. The minimum atomic E-state index is -4.46. The van der Waals surface area contributed by atoms with Crippen LogP contribution >= 0.6 is 0 Å². The zero-order chi connectivity index (χ0) is 15.7. The predicted octanol–water partition coefficient (Wildman–Crippen LogP) is 3.06. The molecule has 1 aliphatic carbocycles. The van der Waals surface area contributed by atoms with E-state index in [1.54, 1.807) is 0 Å². The molecule has 1 atom stereocenters. The van der Waals surface area contributed by atoms with Crippen LogP contribution in [0, 0.1) is 0 Å². The van der Waals surface area contributed by atoms with Gasteiger partial charge < -0.3 is 5.73 Å². The van der Waals surface area contributed by atoms with Gasteiger partial charge in [-0.25, -0.2) is 8.42 Å². The summed E-state index contributed by atoms with van der Waals surface area (Å²) in [6.45, 7) is 0. The zero-order valence-electron chi connectivity index (χ0n) is 11.4. The number of benzene rings is 1. The van der Waals surface area contributed by atoms with Crippen molar-refractivity contribution in [3.8, 4) is 0 Å². The van der Waals surface area contributed by atoms with Gasteiger partial charge in [0.15, 0.2) is 9.84 Å². The average Bonchev–Trinajstić information content (AvgIpc) is 2.92. The maximum atomic E-state index is 12.7. The molecule has 118 valence electrons. The molecule has 0 amide bonds. The lowest BCUT2D eigenvalue weighted by Gasteiger charge is -2.17. The molecule has 3 nitrogen and oxygen atoms in total. The third-order valence-electron chi connectivity index (χ3n) is 3.86. The molecule has 0 saturated heterocycles. The Morgan fingerprint density at radius 3 is 2.43 bits per heavy atom. The van der Waals surface area contributed by atoms with Crippen molar-refractivity contribution in [3.05, 3.63) is 35.4 Å². The van der Waals surface area contributed by atoms with Crippen molar-refractivity contribution >= 4 is 9.84 Å². The molecule has 1 saturated carbocycles. The summed E-state index contributed by atoms with van der Waals surface area (Å²) >= 11 is 0. The highest BCUT2D eigenvalue weighted by Crippen LogP contribution is 2.31. The van der Waals surface area contributed by atoms with Gasteiger partial charge in [-0.2, -0.15) is 13.2 Å². The molecule has 0 heterocycles. The fraction of sp³-hybridized carbons (Fsp3) is 0.571. The van der Waals surface area contributed by atoms with Gasteiger partial charge in [-0.05, 0) is 30.5 Å². The van der Waals surface area contributed by atoms with Crippen molar-refractivity contribution in [2.75, 3.05) is 5.75 Å². The molecule has 21 heavy (non-hydrogen) atoms. The van der Waals surface area contributed by atoms with Crippen molar-refractivity contribution in [3.63, 3.8) is 0 Å². The summed E-state index contributed by atoms with van der Waals surface area (Å²) in [4.78, 5) is 0. The summed E-state index contributed by atoms with van der Waals surface area (Å²) in [7, 11) is -3.36. The molecule has 7 heteroatoms. The van der Waals surface area contributed by atoms with Crippen LogP contribution in [0.2, 0.25) is 0 Å². The highest BCUT2D eigenvalue weighted by atomic mass is 32.2. The normalized spacial score (nSPS) is 18.9. The maximum absolute atomic E-state index is 12.7. The van der Waals surface area contributed by atoms with Gasteiger partial charge in [-0.15, -0.1) is 0 Å². The van der Waals surface area contributed by atoms with E-state index in [0.29, 0.717) is 12.8 Å². The summed E-state index contributed by atoms with van der Waals surface area (Å²) in [6, 6.07) is 3.62. The smallest absolute Gasteiger partial charge is 0.323 e. The molecule has 1 aromatic carbocycles. The molecule has 1 fully saturated rings. The van der Waals surface area contributed by atoms with E-state index < -0.39 is 32.9 Å². The fourth-order valence-corrected chi connectivity index (χ4v) is 4.69. The van der Waals surface area contributed by atoms with Crippen molar-refractivity contribution in [1.82, 2.24) is 0 Å². The molecule has 2 rings (SSSR count). The first-order valence-corrected chi connectivity index (χ1v) is 8.56. The quantitative estimate of drug-likeness (QED) is 0.927. The molecule has 1 aromatic rings. The van der Waals surface area contributed by atoms with Crippen molar-refractivity contribution in [1.29, 1.82) is 0 Å². The van der Waals surface area contributed by atoms with Crippen LogP contribution in [0.15, 0.2) is 24.3 Å². The van der Waals surface area contributed by atoms with Gasteiger partial charge in [0.1, 0.15) is 0 Å². The van der Waals surface area contributed by atoms with Crippen molar-refractivity contribution in [2.24, 2.45) is 5.73 Å². The van der Waals surface area contributed by atoms with E-state index in [0.717, 1.165) is 25.0 Å². The van der Waals surface area contributed by atoms with Gasteiger partial charge in [0.25, 0.3) is 0 Å². The Balaban J connectivity index is 2.15. The Labute approximate surface area is 122 Å². The lowest BCUT2D eigenvalue weighted by Crippen LogP contribution is -2.28. The third kappa shape index (κ3) is 3.97. The van der Waals surface area contributed by atoms with Crippen LogP contribution in [0.25, 0.3) is 0 Å². The van der Waals surface area contributed by atoms with E-state index in [-0.39, 0.29) is 11.3 Å². The second kappa shape index (κ2) is 5.96. The number of halogens is 3. The summed E-state index contributed by atoms with van der Waals surface area (Å²) in [5.74, 6) is -0.307. The van der Waals surface area contributed by atoms with E-state index in [2.05, 4.69) is 0 Å². The van der Waals surface area contributed by atoms with Crippen molar-refractivity contribution in [2.45, 2.75) is 43.2 Å². The Hall–Kier alpha value is -1.08. The first-order valence-electron chi connectivity index (χ1n) is 6.84. The van der Waals surface area contributed by atoms with Gasteiger partial charge in [0, 0.05) is 6.04 Å². The van der Waals surface area contributed by atoms with Gasteiger partial charge in [0.05, 0.1) is 16.6 Å². The molecular formula is C14H18F3NO2S. The highest BCUT2D eigenvalue weighted by Gasteiger charge is 2.33. The lowest BCUT2D eigenvalue weighted by atomic mass is 10.1. The summed E-state index contributed by atoms with van der Waals surface area (Å²) in [5, 5.41) is -0.394. The molecule has 0 bridgehead atoms. The number of rotatable bonds is 4. The number of sulfone groups is 1. The molecule has 0 aromatic heterocycles. The summed E-state index contributed by atoms with van der Waals surface area (Å²) < 4.78 is 62.4. The van der Waals surface area contributed by atoms with Gasteiger partial charge >= 0.3 is 6.18 Å². The first kappa shape index (κ1) is 16.3.